The van der Waals surface area contributed by atoms with Crippen molar-refractivity contribution in [1.82, 2.24) is 9.55 Å². The fraction of sp³-hybridized carbons (Fsp3) is 0.812. The SMILES string of the molecule is Cc1cn(CCC2CCC2)c(NC2CCCCC2)n1. The summed E-state index contributed by atoms with van der Waals surface area (Å²) in [4.78, 5) is 4.68. The van der Waals surface area contributed by atoms with Crippen LogP contribution in [0.5, 0.6) is 0 Å². The van der Waals surface area contributed by atoms with E-state index in [4.69, 9.17) is 0 Å². The molecule has 1 N–H and O–H groups in total. The van der Waals surface area contributed by atoms with E-state index in [9.17, 15) is 0 Å². The molecule has 1 aromatic rings. The molecule has 0 spiro atoms. The summed E-state index contributed by atoms with van der Waals surface area (Å²) >= 11 is 0. The van der Waals surface area contributed by atoms with Crippen molar-refractivity contribution >= 4 is 5.95 Å². The lowest BCUT2D eigenvalue weighted by Crippen LogP contribution is -2.24. The third kappa shape index (κ3) is 3.31. The number of aromatic nitrogens is 2. The first kappa shape index (κ1) is 13.0. The molecular weight excluding hydrogens is 234 g/mol. The van der Waals surface area contributed by atoms with Gasteiger partial charge in [0.2, 0.25) is 5.95 Å². The molecule has 0 unspecified atom stereocenters. The van der Waals surface area contributed by atoms with Gasteiger partial charge >= 0.3 is 0 Å². The van der Waals surface area contributed by atoms with Gasteiger partial charge in [0.1, 0.15) is 0 Å². The molecule has 0 radical (unpaired) electrons. The van der Waals surface area contributed by atoms with Gasteiger partial charge in [-0.15, -0.1) is 0 Å². The van der Waals surface area contributed by atoms with Crippen LogP contribution in [-0.2, 0) is 6.54 Å². The molecule has 2 saturated carbocycles. The molecular formula is C16H27N3. The minimum atomic E-state index is 0.651. The Morgan fingerprint density at radius 1 is 1.16 bits per heavy atom. The predicted octanol–water partition coefficient (Wildman–Crippen LogP) is 4.13. The van der Waals surface area contributed by atoms with Gasteiger partial charge in [0, 0.05) is 18.8 Å². The van der Waals surface area contributed by atoms with Gasteiger partial charge in [-0.1, -0.05) is 38.5 Å². The minimum absolute atomic E-state index is 0.651. The quantitative estimate of drug-likeness (QED) is 0.864. The van der Waals surface area contributed by atoms with Crippen LogP contribution in [0.1, 0.15) is 63.5 Å². The molecule has 0 aliphatic heterocycles. The minimum Gasteiger partial charge on any atom is -0.353 e. The highest BCUT2D eigenvalue weighted by molar-refractivity contribution is 5.30. The molecule has 3 nitrogen and oxygen atoms in total. The van der Waals surface area contributed by atoms with Gasteiger partial charge in [-0.3, -0.25) is 0 Å². The van der Waals surface area contributed by atoms with E-state index in [1.165, 1.54) is 57.8 Å². The van der Waals surface area contributed by atoms with E-state index in [-0.39, 0.29) is 0 Å². The fourth-order valence-electron chi connectivity index (χ4n) is 3.37. The highest BCUT2D eigenvalue weighted by Crippen LogP contribution is 2.30. The van der Waals surface area contributed by atoms with Crippen LogP contribution in [0.3, 0.4) is 0 Å². The summed E-state index contributed by atoms with van der Waals surface area (Å²) in [5.41, 5.74) is 1.15. The predicted molar refractivity (Wildman–Crippen MR) is 79.4 cm³/mol. The van der Waals surface area contributed by atoms with Gasteiger partial charge in [-0.2, -0.15) is 0 Å². The summed E-state index contributed by atoms with van der Waals surface area (Å²) in [6, 6.07) is 0.651. The van der Waals surface area contributed by atoms with Crippen molar-refractivity contribution in [1.29, 1.82) is 0 Å². The molecule has 0 amide bonds. The van der Waals surface area contributed by atoms with Crippen LogP contribution in [0.2, 0.25) is 0 Å². The van der Waals surface area contributed by atoms with E-state index in [1.807, 2.05) is 0 Å². The second-order valence-corrected chi connectivity index (χ2v) is 6.46. The number of rotatable bonds is 5. The van der Waals surface area contributed by atoms with Crippen molar-refractivity contribution in [2.45, 2.75) is 77.3 Å². The maximum absolute atomic E-state index is 4.68. The zero-order chi connectivity index (χ0) is 13.1. The maximum atomic E-state index is 4.68. The van der Waals surface area contributed by atoms with Crippen molar-refractivity contribution in [3.05, 3.63) is 11.9 Å². The molecule has 1 heterocycles. The number of hydrogen-bond acceptors (Lipinski definition) is 2. The van der Waals surface area contributed by atoms with Gasteiger partial charge in [0.25, 0.3) is 0 Å². The smallest absolute Gasteiger partial charge is 0.203 e. The van der Waals surface area contributed by atoms with Crippen molar-refractivity contribution in [3.63, 3.8) is 0 Å². The third-order valence-electron chi connectivity index (χ3n) is 4.84. The number of anilines is 1. The van der Waals surface area contributed by atoms with E-state index >= 15 is 0 Å². The first-order chi connectivity index (χ1) is 9.31. The van der Waals surface area contributed by atoms with Crippen molar-refractivity contribution in [3.8, 4) is 0 Å². The van der Waals surface area contributed by atoms with Crippen molar-refractivity contribution in [2.75, 3.05) is 5.32 Å². The zero-order valence-corrected chi connectivity index (χ0v) is 12.2. The van der Waals surface area contributed by atoms with Crippen LogP contribution in [0.25, 0.3) is 0 Å². The average molecular weight is 261 g/mol. The van der Waals surface area contributed by atoms with Crippen LogP contribution in [-0.4, -0.2) is 15.6 Å². The van der Waals surface area contributed by atoms with Gasteiger partial charge in [-0.25, -0.2) is 4.98 Å². The lowest BCUT2D eigenvalue weighted by molar-refractivity contribution is 0.282. The molecule has 1 aromatic heterocycles. The number of hydrogen-bond donors (Lipinski definition) is 1. The first-order valence-electron chi connectivity index (χ1n) is 8.11. The fourth-order valence-corrected chi connectivity index (χ4v) is 3.37. The number of nitrogens with zero attached hydrogens (tertiary/aromatic N) is 2. The molecule has 3 heteroatoms. The van der Waals surface area contributed by atoms with Crippen LogP contribution in [0.15, 0.2) is 6.20 Å². The molecule has 0 bridgehead atoms. The second-order valence-electron chi connectivity index (χ2n) is 6.46. The monoisotopic (exact) mass is 261 g/mol. The molecule has 2 aliphatic carbocycles. The second kappa shape index (κ2) is 5.98. The summed E-state index contributed by atoms with van der Waals surface area (Å²) in [5, 5.41) is 3.68. The molecule has 2 aliphatic rings. The van der Waals surface area contributed by atoms with E-state index in [0.29, 0.717) is 6.04 Å². The topological polar surface area (TPSA) is 29.9 Å². The molecule has 0 aromatic carbocycles. The van der Waals surface area contributed by atoms with E-state index < -0.39 is 0 Å². The lowest BCUT2D eigenvalue weighted by atomic mass is 9.83. The van der Waals surface area contributed by atoms with Crippen LogP contribution >= 0.6 is 0 Å². The average Bonchev–Trinajstić information content (AvgIpc) is 2.69. The highest BCUT2D eigenvalue weighted by Gasteiger charge is 2.19. The summed E-state index contributed by atoms with van der Waals surface area (Å²) < 4.78 is 2.35. The largest absolute Gasteiger partial charge is 0.353 e. The van der Waals surface area contributed by atoms with Crippen LogP contribution < -0.4 is 5.32 Å². The Morgan fingerprint density at radius 3 is 2.63 bits per heavy atom. The first-order valence-corrected chi connectivity index (χ1v) is 8.11. The Morgan fingerprint density at radius 2 is 1.95 bits per heavy atom. The van der Waals surface area contributed by atoms with Gasteiger partial charge in [0.05, 0.1) is 5.69 Å². The molecule has 0 saturated heterocycles. The summed E-state index contributed by atoms with van der Waals surface area (Å²) in [7, 11) is 0. The molecule has 3 rings (SSSR count). The van der Waals surface area contributed by atoms with E-state index in [1.54, 1.807) is 0 Å². The normalized spacial score (nSPS) is 21.3. The highest BCUT2D eigenvalue weighted by atomic mass is 15.2. The lowest BCUT2D eigenvalue weighted by Gasteiger charge is -2.26. The number of imidazole rings is 1. The van der Waals surface area contributed by atoms with Crippen LogP contribution in [0.4, 0.5) is 5.95 Å². The van der Waals surface area contributed by atoms with Gasteiger partial charge in [-0.05, 0) is 32.1 Å². The van der Waals surface area contributed by atoms with Crippen LogP contribution in [0, 0.1) is 12.8 Å². The Balaban J connectivity index is 1.58. The van der Waals surface area contributed by atoms with E-state index in [2.05, 4.69) is 28.0 Å². The Kier molecular flexibility index (Phi) is 4.09. The number of aryl methyl sites for hydroxylation is 2. The molecule has 2 fully saturated rings. The van der Waals surface area contributed by atoms with E-state index in [0.717, 1.165) is 24.1 Å². The maximum Gasteiger partial charge on any atom is 0.203 e. The summed E-state index contributed by atoms with van der Waals surface area (Å²) in [6.45, 7) is 3.24. The van der Waals surface area contributed by atoms with Gasteiger partial charge < -0.3 is 9.88 Å². The van der Waals surface area contributed by atoms with Crippen molar-refractivity contribution in [2.24, 2.45) is 5.92 Å². The summed E-state index contributed by atoms with van der Waals surface area (Å²) in [6.07, 6.45) is 14.7. The molecule has 106 valence electrons. The zero-order valence-electron chi connectivity index (χ0n) is 12.2. The Labute approximate surface area is 116 Å². The Bertz CT molecular complexity index is 400. The summed E-state index contributed by atoms with van der Waals surface area (Å²) in [5.74, 6) is 2.09. The molecule has 19 heavy (non-hydrogen) atoms. The van der Waals surface area contributed by atoms with Crippen molar-refractivity contribution < 1.29 is 0 Å². The standard InChI is InChI=1S/C16H27N3/c1-13-12-19(11-10-14-6-5-7-14)16(17-13)18-15-8-3-2-4-9-15/h12,14-15H,2-11H2,1H3,(H,17,18). The molecule has 0 atom stereocenters. The third-order valence-corrected chi connectivity index (χ3v) is 4.84. The van der Waals surface area contributed by atoms with Gasteiger partial charge in [0.15, 0.2) is 0 Å². The Hall–Kier alpha value is -0.990. The number of nitrogens with one attached hydrogen (secondary N) is 1.